The van der Waals surface area contributed by atoms with Crippen molar-refractivity contribution in [2.24, 2.45) is 10.9 Å². The van der Waals surface area contributed by atoms with Crippen LogP contribution in [0.1, 0.15) is 17.7 Å². The van der Waals surface area contributed by atoms with Gasteiger partial charge in [0.25, 0.3) is 0 Å². The summed E-state index contributed by atoms with van der Waals surface area (Å²) in [6, 6.07) is 14.3. The van der Waals surface area contributed by atoms with Crippen molar-refractivity contribution in [2.45, 2.75) is 19.4 Å². The predicted octanol–water partition coefficient (Wildman–Crippen LogP) is 2.94. The smallest absolute Gasteiger partial charge is 0.193 e. The van der Waals surface area contributed by atoms with E-state index in [-0.39, 0.29) is 0 Å². The highest BCUT2D eigenvalue weighted by atomic mass is 16.5. The second-order valence-electron chi connectivity index (χ2n) is 6.40. The number of aliphatic imine (C=N–C) groups is 1. The molecule has 1 unspecified atom stereocenters. The van der Waals surface area contributed by atoms with Gasteiger partial charge in [-0.25, -0.2) is 0 Å². The van der Waals surface area contributed by atoms with Gasteiger partial charge in [0.1, 0.15) is 5.76 Å². The summed E-state index contributed by atoms with van der Waals surface area (Å²) in [6.45, 7) is 4.34. The highest BCUT2D eigenvalue weighted by Crippen LogP contribution is 2.17. The molecule has 25 heavy (non-hydrogen) atoms. The summed E-state index contributed by atoms with van der Waals surface area (Å²) in [4.78, 5) is 6.73. The van der Waals surface area contributed by atoms with Crippen molar-refractivity contribution in [1.29, 1.82) is 0 Å². The molecule has 5 heteroatoms. The van der Waals surface area contributed by atoms with Crippen LogP contribution in [0.25, 0.3) is 0 Å². The Hall–Kier alpha value is -2.27. The first-order chi connectivity index (χ1) is 12.3. The van der Waals surface area contributed by atoms with Crippen LogP contribution in [0.3, 0.4) is 0 Å². The lowest BCUT2D eigenvalue weighted by molar-refractivity contribution is 0.0907. The van der Waals surface area contributed by atoms with Crippen molar-refractivity contribution in [3.8, 4) is 0 Å². The number of guanidine groups is 1. The zero-order valence-electron chi connectivity index (χ0n) is 14.9. The number of nitrogens with one attached hydrogen (secondary N) is 1. The first-order valence-corrected chi connectivity index (χ1v) is 8.95. The highest BCUT2D eigenvalue weighted by Gasteiger charge is 2.24. The molecule has 1 aromatic heterocycles. The molecule has 3 rings (SSSR count). The maximum Gasteiger partial charge on any atom is 0.193 e. The summed E-state index contributed by atoms with van der Waals surface area (Å²) < 4.78 is 11.3. The van der Waals surface area contributed by atoms with Crippen molar-refractivity contribution in [2.75, 3.05) is 33.3 Å². The molecule has 1 atom stereocenters. The number of furan rings is 1. The molecule has 1 fully saturated rings. The van der Waals surface area contributed by atoms with Crippen LogP contribution in [-0.4, -0.2) is 44.1 Å². The van der Waals surface area contributed by atoms with E-state index in [1.807, 2.05) is 37.4 Å². The van der Waals surface area contributed by atoms with Gasteiger partial charge in [-0.05, 0) is 24.1 Å². The van der Waals surface area contributed by atoms with Gasteiger partial charge in [-0.15, -0.1) is 0 Å². The molecule has 134 valence electrons. The molecule has 2 aromatic rings. The number of nitrogens with zero attached hydrogens (tertiary/aromatic N) is 2. The number of ether oxygens (including phenoxy) is 1. The van der Waals surface area contributed by atoms with Crippen LogP contribution in [0.5, 0.6) is 0 Å². The zero-order chi connectivity index (χ0) is 17.3. The van der Waals surface area contributed by atoms with E-state index >= 15 is 0 Å². The second-order valence-corrected chi connectivity index (χ2v) is 6.40. The van der Waals surface area contributed by atoms with Crippen LogP contribution < -0.4 is 5.32 Å². The molecular weight excluding hydrogens is 314 g/mol. The van der Waals surface area contributed by atoms with Gasteiger partial charge >= 0.3 is 0 Å². The van der Waals surface area contributed by atoms with Gasteiger partial charge < -0.3 is 19.4 Å². The van der Waals surface area contributed by atoms with Crippen molar-refractivity contribution < 1.29 is 9.15 Å². The molecule has 1 aliphatic rings. The highest BCUT2D eigenvalue weighted by molar-refractivity contribution is 5.80. The van der Waals surface area contributed by atoms with Gasteiger partial charge in [0.05, 0.1) is 19.5 Å². The number of benzene rings is 1. The molecule has 0 radical (unpaired) electrons. The van der Waals surface area contributed by atoms with Gasteiger partial charge in [0.15, 0.2) is 5.96 Å². The van der Waals surface area contributed by atoms with E-state index < -0.39 is 0 Å². The summed E-state index contributed by atoms with van der Waals surface area (Å²) in [6.07, 6.45) is 3.72. The lowest BCUT2D eigenvalue weighted by Gasteiger charge is -2.21. The fraction of sp³-hybridized carbons (Fsp3) is 0.450. The van der Waals surface area contributed by atoms with Crippen LogP contribution in [0.15, 0.2) is 58.1 Å². The SMILES string of the molecule is CN=C(NCCc1ccco1)N1CCC(COCc2ccccc2)C1. The van der Waals surface area contributed by atoms with E-state index in [1.165, 1.54) is 5.56 Å². The third-order valence-electron chi connectivity index (χ3n) is 4.50. The van der Waals surface area contributed by atoms with E-state index in [9.17, 15) is 0 Å². The Morgan fingerprint density at radius 3 is 2.92 bits per heavy atom. The van der Waals surface area contributed by atoms with E-state index in [0.29, 0.717) is 12.5 Å². The zero-order valence-corrected chi connectivity index (χ0v) is 14.9. The summed E-state index contributed by atoms with van der Waals surface area (Å²) >= 11 is 0. The molecule has 0 spiro atoms. The largest absolute Gasteiger partial charge is 0.469 e. The minimum atomic E-state index is 0.562. The average Bonchev–Trinajstić information content (AvgIpc) is 3.32. The molecule has 0 aliphatic carbocycles. The average molecular weight is 341 g/mol. The maximum absolute atomic E-state index is 5.90. The third-order valence-corrected chi connectivity index (χ3v) is 4.50. The fourth-order valence-corrected chi connectivity index (χ4v) is 3.16. The Morgan fingerprint density at radius 1 is 1.28 bits per heavy atom. The summed E-state index contributed by atoms with van der Waals surface area (Å²) in [5, 5.41) is 3.43. The molecule has 2 heterocycles. The Balaban J connectivity index is 1.37. The fourth-order valence-electron chi connectivity index (χ4n) is 3.16. The quantitative estimate of drug-likeness (QED) is 0.621. The van der Waals surface area contributed by atoms with Crippen molar-refractivity contribution in [3.63, 3.8) is 0 Å². The first kappa shape index (κ1) is 17.5. The number of hydrogen-bond donors (Lipinski definition) is 1. The number of rotatable bonds is 7. The van der Waals surface area contributed by atoms with E-state index in [2.05, 4.69) is 27.3 Å². The Morgan fingerprint density at radius 2 is 2.16 bits per heavy atom. The van der Waals surface area contributed by atoms with Crippen molar-refractivity contribution in [1.82, 2.24) is 10.2 Å². The van der Waals surface area contributed by atoms with Gasteiger partial charge in [0, 0.05) is 39.0 Å². The van der Waals surface area contributed by atoms with E-state index in [1.54, 1.807) is 6.26 Å². The van der Waals surface area contributed by atoms with E-state index in [0.717, 1.165) is 50.8 Å². The summed E-state index contributed by atoms with van der Waals surface area (Å²) in [7, 11) is 1.84. The molecule has 0 saturated carbocycles. The standard InChI is InChI=1S/C20H27N3O2/c1-21-20(22-11-9-19-8-5-13-25-19)23-12-10-18(14-23)16-24-15-17-6-3-2-4-7-17/h2-8,13,18H,9-12,14-16H2,1H3,(H,21,22). The Labute approximate surface area is 149 Å². The molecule has 5 nitrogen and oxygen atoms in total. The van der Waals surface area contributed by atoms with Gasteiger partial charge in [-0.3, -0.25) is 4.99 Å². The first-order valence-electron chi connectivity index (χ1n) is 8.95. The minimum absolute atomic E-state index is 0.562. The molecule has 1 aromatic carbocycles. The van der Waals surface area contributed by atoms with Crippen LogP contribution in [0.2, 0.25) is 0 Å². The normalized spacial score (nSPS) is 17.9. The van der Waals surface area contributed by atoms with Crippen molar-refractivity contribution >= 4 is 5.96 Å². The minimum Gasteiger partial charge on any atom is -0.469 e. The Bertz CT molecular complexity index is 640. The van der Waals surface area contributed by atoms with Crippen LogP contribution in [0.4, 0.5) is 0 Å². The number of likely N-dealkylation sites (tertiary alicyclic amines) is 1. The molecule has 1 saturated heterocycles. The lowest BCUT2D eigenvalue weighted by atomic mass is 10.1. The van der Waals surface area contributed by atoms with Gasteiger partial charge in [-0.1, -0.05) is 30.3 Å². The van der Waals surface area contributed by atoms with Crippen LogP contribution in [0, 0.1) is 5.92 Å². The molecule has 1 N–H and O–H groups in total. The topological polar surface area (TPSA) is 50.0 Å². The monoisotopic (exact) mass is 341 g/mol. The lowest BCUT2D eigenvalue weighted by Crippen LogP contribution is -2.41. The second kappa shape index (κ2) is 9.28. The molecule has 0 amide bonds. The van der Waals surface area contributed by atoms with Crippen LogP contribution >= 0.6 is 0 Å². The van der Waals surface area contributed by atoms with Crippen LogP contribution in [-0.2, 0) is 17.8 Å². The summed E-state index contributed by atoms with van der Waals surface area (Å²) in [5.41, 5.74) is 1.23. The Kier molecular flexibility index (Phi) is 6.51. The van der Waals surface area contributed by atoms with Gasteiger partial charge in [0.2, 0.25) is 0 Å². The van der Waals surface area contributed by atoms with Gasteiger partial charge in [-0.2, -0.15) is 0 Å². The molecular formula is C20H27N3O2. The number of hydrogen-bond acceptors (Lipinski definition) is 3. The van der Waals surface area contributed by atoms with Crippen molar-refractivity contribution in [3.05, 3.63) is 60.1 Å². The molecule has 1 aliphatic heterocycles. The third kappa shape index (κ3) is 5.36. The summed E-state index contributed by atoms with van der Waals surface area (Å²) in [5.74, 6) is 2.53. The predicted molar refractivity (Wildman–Crippen MR) is 99.6 cm³/mol. The maximum atomic E-state index is 5.90. The molecule has 0 bridgehead atoms. The van der Waals surface area contributed by atoms with E-state index in [4.69, 9.17) is 9.15 Å².